The maximum Gasteiger partial charge on any atom is 0.287 e. The molecule has 1 saturated carbocycles. The number of nitrogens with zero attached hydrogens (tertiary/aromatic N) is 5. The summed E-state index contributed by atoms with van der Waals surface area (Å²) in [5, 5.41) is 20.5. The molecule has 3 rings (SSSR count). The van der Waals surface area contributed by atoms with Crippen LogP contribution < -0.4 is 0 Å². The second-order valence-electron chi connectivity index (χ2n) is 4.73. The summed E-state index contributed by atoms with van der Waals surface area (Å²) in [6.45, 7) is 4.41. The van der Waals surface area contributed by atoms with Crippen LogP contribution in [0.15, 0.2) is 41.2 Å². The number of pyridine rings is 1. The molecular weight excluding hydrogens is 290 g/mol. The van der Waals surface area contributed by atoms with Gasteiger partial charge in [-0.25, -0.2) is 4.98 Å². The van der Waals surface area contributed by atoms with Crippen molar-refractivity contribution in [2.45, 2.75) is 35.5 Å². The molecule has 7 nitrogen and oxygen atoms in total. The molecule has 0 N–H and O–H groups in total. The van der Waals surface area contributed by atoms with E-state index in [2.05, 4.69) is 21.8 Å². The zero-order valence-electron chi connectivity index (χ0n) is 11.2. The predicted octanol–water partition coefficient (Wildman–Crippen LogP) is 2.80. The van der Waals surface area contributed by atoms with Crippen molar-refractivity contribution in [3.63, 3.8) is 0 Å². The molecule has 0 radical (unpaired) electrons. The van der Waals surface area contributed by atoms with E-state index in [0.29, 0.717) is 17.5 Å². The monoisotopic (exact) mass is 303 g/mol. The van der Waals surface area contributed by atoms with E-state index in [9.17, 15) is 10.1 Å². The average Bonchev–Trinajstić information content (AvgIpc) is 3.25. The molecular formula is C13H13N5O2S. The van der Waals surface area contributed by atoms with Crippen LogP contribution >= 0.6 is 11.8 Å². The van der Waals surface area contributed by atoms with Crippen LogP contribution in [0.4, 0.5) is 5.69 Å². The lowest BCUT2D eigenvalue weighted by Crippen LogP contribution is -2.02. The molecule has 21 heavy (non-hydrogen) atoms. The van der Waals surface area contributed by atoms with Crippen molar-refractivity contribution in [2.24, 2.45) is 0 Å². The van der Waals surface area contributed by atoms with Gasteiger partial charge in [-0.05, 0) is 30.7 Å². The van der Waals surface area contributed by atoms with Gasteiger partial charge in [0.1, 0.15) is 17.0 Å². The Bertz CT molecular complexity index is 678. The Kier molecular flexibility index (Phi) is 3.70. The van der Waals surface area contributed by atoms with E-state index in [0.717, 1.165) is 23.8 Å². The van der Waals surface area contributed by atoms with Crippen molar-refractivity contribution >= 4 is 17.4 Å². The van der Waals surface area contributed by atoms with Gasteiger partial charge in [0.25, 0.3) is 5.69 Å². The van der Waals surface area contributed by atoms with Crippen LogP contribution in [0.3, 0.4) is 0 Å². The van der Waals surface area contributed by atoms with E-state index in [1.807, 2.05) is 10.6 Å². The smallest absolute Gasteiger partial charge is 0.287 e. The van der Waals surface area contributed by atoms with Crippen LogP contribution in [0, 0.1) is 10.1 Å². The molecule has 1 aliphatic rings. The van der Waals surface area contributed by atoms with Gasteiger partial charge in [-0.1, -0.05) is 6.08 Å². The highest BCUT2D eigenvalue weighted by Gasteiger charge is 2.30. The molecule has 2 aromatic heterocycles. The Morgan fingerprint density at radius 1 is 1.48 bits per heavy atom. The van der Waals surface area contributed by atoms with Crippen LogP contribution in [0.25, 0.3) is 0 Å². The summed E-state index contributed by atoms with van der Waals surface area (Å²) in [6, 6.07) is 3.05. The third-order valence-corrected chi connectivity index (χ3v) is 4.06. The fraction of sp³-hybridized carbons (Fsp3) is 0.308. The van der Waals surface area contributed by atoms with E-state index < -0.39 is 4.92 Å². The summed E-state index contributed by atoms with van der Waals surface area (Å²) in [4.78, 5) is 14.2. The minimum absolute atomic E-state index is 0.0226. The van der Waals surface area contributed by atoms with Crippen LogP contribution in [-0.4, -0.2) is 24.7 Å². The molecule has 0 unspecified atom stereocenters. The third-order valence-electron chi connectivity index (χ3n) is 3.13. The minimum atomic E-state index is -0.465. The maximum absolute atomic E-state index is 10.6. The van der Waals surface area contributed by atoms with Crippen LogP contribution in [-0.2, 0) is 6.54 Å². The lowest BCUT2D eigenvalue weighted by molar-refractivity contribution is -0.385. The maximum atomic E-state index is 10.6. The molecule has 0 aliphatic heterocycles. The molecule has 8 heteroatoms. The fourth-order valence-corrected chi connectivity index (χ4v) is 2.74. The zero-order valence-corrected chi connectivity index (χ0v) is 12.0. The van der Waals surface area contributed by atoms with Crippen LogP contribution in [0.1, 0.15) is 24.6 Å². The van der Waals surface area contributed by atoms with Crippen molar-refractivity contribution in [3.8, 4) is 0 Å². The van der Waals surface area contributed by atoms with Gasteiger partial charge in [-0.3, -0.25) is 10.1 Å². The molecule has 0 aromatic carbocycles. The van der Waals surface area contributed by atoms with Gasteiger partial charge >= 0.3 is 0 Å². The predicted molar refractivity (Wildman–Crippen MR) is 77.2 cm³/mol. The van der Waals surface area contributed by atoms with Crippen LogP contribution in [0.5, 0.6) is 0 Å². The van der Waals surface area contributed by atoms with Crippen molar-refractivity contribution in [1.29, 1.82) is 0 Å². The Labute approximate surface area is 125 Å². The lowest BCUT2D eigenvalue weighted by atomic mass is 10.4. The fourth-order valence-electron chi connectivity index (χ4n) is 1.95. The Morgan fingerprint density at radius 3 is 2.86 bits per heavy atom. The Balaban J connectivity index is 1.83. The number of aromatic nitrogens is 4. The zero-order chi connectivity index (χ0) is 14.8. The Morgan fingerprint density at radius 2 is 2.29 bits per heavy atom. The van der Waals surface area contributed by atoms with Gasteiger partial charge in [0, 0.05) is 18.5 Å². The van der Waals surface area contributed by atoms with E-state index in [1.54, 1.807) is 6.07 Å². The molecule has 1 aliphatic carbocycles. The summed E-state index contributed by atoms with van der Waals surface area (Å²) in [7, 11) is 0. The first-order valence-corrected chi connectivity index (χ1v) is 7.33. The quantitative estimate of drug-likeness (QED) is 0.463. The summed E-state index contributed by atoms with van der Waals surface area (Å²) in [6.07, 6.45) is 5.35. The highest BCUT2D eigenvalue weighted by molar-refractivity contribution is 7.99. The number of nitro groups is 1. The van der Waals surface area contributed by atoms with Gasteiger partial charge in [0.2, 0.25) is 0 Å². The lowest BCUT2D eigenvalue weighted by Gasteiger charge is -2.06. The first-order valence-electron chi connectivity index (χ1n) is 6.51. The molecule has 0 bridgehead atoms. The number of allylic oxidation sites excluding steroid dienone is 1. The molecule has 0 saturated heterocycles. The normalized spacial score (nSPS) is 14.1. The molecule has 1 fully saturated rings. The standard InChI is InChI=1S/C13H13N5O2S/c1-2-7-17-12(9-3-4-9)15-16-13(17)21-11-6-5-10(8-14-11)18(19)20/h2,5-6,8-9H,1,3-4,7H2. The van der Waals surface area contributed by atoms with E-state index in [-0.39, 0.29) is 5.69 Å². The molecule has 0 amide bonds. The number of hydrogen-bond donors (Lipinski definition) is 0. The summed E-state index contributed by atoms with van der Waals surface area (Å²) in [5.74, 6) is 1.48. The van der Waals surface area contributed by atoms with Gasteiger partial charge in [0.15, 0.2) is 5.16 Å². The third kappa shape index (κ3) is 2.94. The number of hydrogen-bond acceptors (Lipinski definition) is 6. The van der Waals surface area contributed by atoms with E-state index >= 15 is 0 Å². The van der Waals surface area contributed by atoms with E-state index in [4.69, 9.17) is 0 Å². The van der Waals surface area contributed by atoms with Gasteiger partial charge in [-0.2, -0.15) is 0 Å². The molecule has 0 spiro atoms. The van der Waals surface area contributed by atoms with Crippen molar-refractivity contribution < 1.29 is 4.92 Å². The first-order chi connectivity index (χ1) is 10.2. The molecule has 2 aromatic rings. The molecule has 2 heterocycles. The van der Waals surface area contributed by atoms with Gasteiger partial charge in [0.05, 0.1) is 4.92 Å². The molecule has 0 atom stereocenters. The molecule has 108 valence electrons. The minimum Gasteiger partial charge on any atom is -0.302 e. The second-order valence-corrected chi connectivity index (χ2v) is 5.72. The van der Waals surface area contributed by atoms with Crippen molar-refractivity contribution in [2.75, 3.05) is 0 Å². The average molecular weight is 303 g/mol. The van der Waals surface area contributed by atoms with E-state index in [1.165, 1.54) is 24.0 Å². The summed E-state index contributed by atoms with van der Waals surface area (Å²) >= 11 is 1.35. The summed E-state index contributed by atoms with van der Waals surface area (Å²) in [5.41, 5.74) is -0.0226. The van der Waals surface area contributed by atoms with Gasteiger partial charge in [-0.15, -0.1) is 16.8 Å². The topological polar surface area (TPSA) is 86.7 Å². The highest BCUT2D eigenvalue weighted by Crippen LogP contribution is 2.40. The Hall–Kier alpha value is -2.22. The SMILES string of the molecule is C=CCn1c(Sc2ccc([N+](=O)[O-])cn2)nnc1C1CC1. The first kappa shape index (κ1) is 13.7. The largest absolute Gasteiger partial charge is 0.302 e. The van der Waals surface area contributed by atoms with Gasteiger partial charge < -0.3 is 4.57 Å². The van der Waals surface area contributed by atoms with Crippen molar-refractivity contribution in [3.05, 3.63) is 46.9 Å². The van der Waals surface area contributed by atoms with Crippen LogP contribution in [0.2, 0.25) is 0 Å². The second kappa shape index (κ2) is 5.65. The number of rotatable bonds is 6. The van der Waals surface area contributed by atoms with Crippen molar-refractivity contribution in [1.82, 2.24) is 19.7 Å². The highest BCUT2D eigenvalue weighted by atomic mass is 32.2. The summed E-state index contributed by atoms with van der Waals surface area (Å²) < 4.78 is 2.03.